The number of hydrogen-bond acceptors (Lipinski definition) is 7. The van der Waals surface area contributed by atoms with E-state index >= 15 is 0 Å². The number of esters is 1. The van der Waals surface area contributed by atoms with Crippen LogP contribution >= 0.6 is 0 Å². The molecule has 2 fully saturated rings. The number of piperazine rings is 1. The molecule has 2 heterocycles. The number of hydrogen-bond donors (Lipinski definition) is 0. The first-order valence-corrected chi connectivity index (χ1v) is 12.7. The zero-order valence-corrected chi connectivity index (χ0v) is 19.6. The second-order valence-electron chi connectivity index (χ2n) is 8.31. The summed E-state index contributed by atoms with van der Waals surface area (Å²) in [5.41, 5.74) is 1.21. The van der Waals surface area contributed by atoms with Crippen LogP contribution in [0, 0.1) is 0 Å². The van der Waals surface area contributed by atoms with E-state index < -0.39 is 28.5 Å². The molecule has 34 heavy (non-hydrogen) atoms. The van der Waals surface area contributed by atoms with E-state index in [1.54, 1.807) is 0 Å². The van der Waals surface area contributed by atoms with Gasteiger partial charge in [-0.2, -0.15) is 4.31 Å². The molecule has 4 rings (SSSR count). The molecule has 2 aliphatic heterocycles. The van der Waals surface area contributed by atoms with Crippen molar-refractivity contribution in [3.05, 3.63) is 65.7 Å². The largest absolute Gasteiger partial charge is 0.452 e. The molecule has 2 aliphatic rings. The third-order valence-electron chi connectivity index (χ3n) is 5.99. The quantitative estimate of drug-likeness (QED) is 0.548. The molecule has 9 nitrogen and oxygen atoms in total. The monoisotopic (exact) mass is 485 g/mol. The minimum atomic E-state index is -3.79. The van der Waals surface area contributed by atoms with E-state index in [0.29, 0.717) is 45.6 Å². The molecule has 0 saturated carbocycles. The lowest BCUT2D eigenvalue weighted by molar-refractivity contribution is -0.143. The maximum Gasteiger partial charge on any atom is 0.338 e. The summed E-state index contributed by atoms with van der Waals surface area (Å²) in [5.74, 6) is -1.67. The zero-order chi connectivity index (χ0) is 24.1. The van der Waals surface area contributed by atoms with Crippen LogP contribution in [0.1, 0.15) is 28.8 Å². The Labute approximate surface area is 198 Å². The van der Waals surface area contributed by atoms with Gasteiger partial charge in [-0.05, 0) is 30.2 Å². The van der Waals surface area contributed by atoms with Crippen molar-refractivity contribution in [3.8, 4) is 0 Å². The second kappa shape index (κ2) is 10.5. The van der Waals surface area contributed by atoms with E-state index in [9.17, 15) is 22.8 Å². The van der Waals surface area contributed by atoms with E-state index in [2.05, 4.69) is 4.90 Å². The summed E-state index contributed by atoms with van der Waals surface area (Å²) >= 11 is 0. The maximum atomic E-state index is 13.2. The fourth-order valence-electron chi connectivity index (χ4n) is 4.10. The summed E-state index contributed by atoms with van der Waals surface area (Å²) in [4.78, 5) is 39.4. The van der Waals surface area contributed by atoms with Gasteiger partial charge >= 0.3 is 5.97 Å². The number of amides is 2. The van der Waals surface area contributed by atoms with Gasteiger partial charge < -0.3 is 4.74 Å². The summed E-state index contributed by atoms with van der Waals surface area (Å²) in [6.45, 7) is 2.43. The molecule has 0 N–H and O–H groups in total. The molecule has 0 spiro atoms. The Bertz CT molecular complexity index is 1160. The smallest absolute Gasteiger partial charge is 0.338 e. The van der Waals surface area contributed by atoms with Gasteiger partial charge in [0, 0.05) is 45.7 Å². The molecule has 180 valence electrons. The molecule has 10 heteroatoms. The van der Waals surface area contributed by atoms with Crippen LogP contribution in [0.5, 0.6) is 0 Å². The number of benzene rings is 2. The maximum absolute atomic E-state index is 13.2. The fourth-order valence-corrected chi connectivity index (χ4v) is 5.57. The Kier molecular flexibility index (Phi) is 7.40. The summed E-state index contributed by atoms with van der Waals surface area (Å²) in [6.07, 6.45) is 0.902. The minimum Gasteiger partial charge on any atom is -0.452 e. The van der Waals surface area contributed by atoms with Gasteiger partial charge in [-0.15, -0.1) is 0 Å². The number of rotatable bonds is 7. The van der Waals surface area contributed by atoms with E-state index in [4.69, 9.17) is 4.74 Å². The first-order chi connectivity index (χ1) is 16.3. The number of sulfonamides is 1. The molecule has 0 radical (unpaired) electrons. The van der Waals surface area contributed by atoms with Gasteiger partial charge in [-0.1, -0.05) is 36.4 Å². The molecule has 0 bridgehead atoms. The Morgan fingerprint density at radius 2 is 1.65 bits per heavy atom. The van der Waals surface area contributed by atoms with Crippen molar-refractivity contribution < 1.29 is 27.5 Å². The SMILES string of the molecule is O=C(OCC(=O)N1CCCC1=O)c1cccc(S(=O)(=O)N2CCN(Cc3ccccc3)CC2)c1. The van der Waals surface area contributed by atoms with Gasteiger partial charge in [0.25, 0.3) is 5.91 Å². The van der Waals surface area contributed by atoms with Crippen molar-refractivity contribution in [1.29, 1.82) is 0 Å². The van der Waals surface area contributed by atoms with Crippen molar-refractivity contribution in [2.75, 3.05) is 39.3 Å². The van der Waals surface area contributed by atoms with E-state index in [0.717, 1.165) is 11.4 Å². The van der Waals surface area contributed by atoms with Gasteiger partial charge in [0.05, 0.1) is 10.5 Å². The predicted molar refractivity (Wildman–Crippen MR) is 123 cm³/mol. The molecule has 0 atom stereocenters. The van der Waals surface area contributed by atoms with Crippen LogP contribution in [-0.2, 0) is 30.9 Å². The summed E-state index contributed by atoms with van der Waals surface area (Å²) in [6, 6.07) is 15.6. The summed E-state index contributed by atoms with van der Waals surface area (Å²) < 4.78 is 32.8. The highest BCUT2D eigenvalue weighted by molar-refractivity contribution is 7.89. The molecular weight excluding hydrogens is 458 g/mol. The first kappa shape index (κ1) is 24.1. The molecule has 0 aromatic heterocycles. The van der Waals surface area contributed by atoms with Gasteiger partial charge in [0.2, 0.25) is 15.9 Å². The third kappa shape index (κ3) is 5.52. The molecule has 0 unspecified atom stereocenters. The Balaban J connectivity index is 1.35. The predicted octanol–water partition coefficient (Wildman–Crippen LogP) is 1.50. The number of nitrogens with zero attached hydrogens (tertiary/aromatic N) is 3. The Morgan fingerprint density at radius 3 is 2.32 bits per heavy atom. The number of likely N-dealkylation sites (tertiary alicyclic amines) is 1. The van der Waals surface area contributed by atoms with Gasteiger partial charge in [-0.3, -0.25) is 19.4 Å². The van der Waals surface area contributed by atoms with Crippen LogP contribution in [0.3, 0.4) is 0 Å². The normalized spacial score (nSPS) is 17.6. The lowest BCUT2D eigenvalue weighted by Crippen LogP contribution is -2.48. The van der Waals surface area contributed by atoms with E-state index in [1.807, 2.05) is 30.3 Å². The van der Waals surface area contributed by atoms with Crippen LogP contribution in [-0.4, -0.2) is 79.6 Å². The number of imide groups is 1. The van der Waals surface area contributed by atoms with Crippen molar-refractivity contribution >= 4 is 27.8 Å². The Morgan fingerprint density at radius 1 is 0.912 bits per heavy atom. The molecule has 2 amide bonds. The van der Waals surface area contributed by atoms with Crippen molar-refractivity contribution in [2.24, 2.45) is 0 Å². The summed E-state index contributed by atoms with van der Waals surface area (Å²) in [5, 5.41) is 0. The minimum absolute atomic E-state index is 0.000457. The van der Waals surface area contributed by atoms with Crippen LogP contribution in [0.25, 0.3) is 0 Å². The molecule has 2 saturated heterocycles. The molecular formula is C24H27N3O6S. The third-order valence-corrected chi connectivity index (χ3v) is 7.88. The highest BCUT2D eigenvalue weighted by Crippen LogP contribution is 2.20. The molecule has 2 aromatic rings. The highest BCUT2D eigenvalue weighted by Gasteiger charge is 2.30. The number of carbonyl (C=O) groups is 3. The topological polar surface area (TPSA) is 104 Å². The number of carbonyl (C=O) groups excluding carboxylic acids is 3. The van der Waals surface area contributed by atoms with E-state index in [-0.39, 0.29) is 16.4 Å². The average molecular weight is 486 g/mol. The van der Waals surface area contributed by atoms with Gasteiger partial charge in [0.1, 0.15) is 0 Å². The van der Waals surface area contributed by atoms with E-state index in [1.165, 1.54) is 34.1 Å². The standard InChI is InChI=1S/C24H27N3O6S/c28-22-10-5-11-27(22)23(29)18-33-24(30)20-8-4-9-21(16-20)34(31,32)26-14-12-25(13-15-26)17-19-6-2-1-3-7-19/h1-4,6-9,16H,5,10-15,17-18H2. The average Bonchev–Trinajstić information content (AvgIpc) is 3.29. The lowest BCUT2D eigenvalue weighted by atomic mass is 10.2. The van der Waals surface area contributed by atoms with Gasteiger partial charge in [-0.25, -0.2) is 13.2 Å². The van der Waals surface area contributed by atoms with Crippen LogP contribution in [0.4, 0.5) is 0 Å². The molecule has 2 aromatic carbocycles. The molecule has 0 aliphatic carbocycles. The zero-order valence-electron chi connectivity index (χ0n) is 18.8. The van der Waals surface area contributed by atoms with Crippen molar-refractivity contribution in [2.45, 2.75) is 24.3 Å². The van der Waals surface area contributed by atoms with Gasteiger partial charge in [0.15, 0.2) is 6.61 Å². The van der Waals surface area contributed by atoms with Crippen LogP contribution in [0.15, 0.2) is 59.5 Å². The van der Waals surface area contributed by atoms with Crippen molar-refractivity contribution in [1.82, 2.24) is 14.1 Å². The Hall–Kier alpha value is -3.08. The second-order valence-corrected chi connectivity index (χ2v) is 10.3. The van der Waals surface area contributed by atoms with Crippen molar-refractivity contribution in [3.63, 3.8) is 0 Å². The highest BCUT2D eigenvalue weighted by atomic mass is 32.2. The fraction of sp³-hybridized carbons (Fsp3) is 0.375. The summed E-state index contributed by atoms with van der Waals surface area (Å²) in [7, 11) is -3.79. The first-order valence-electron chi connectivity index (χ1n) is 11.2. The van der Waals surface area contributed by atoms with Crippen LogP contribution < -0.4 is 0 Å². The number of ether oxygens (including phenoxy) is 1. The van der Waals surface area contributed by atoms with Crippen LogP contribution in [0.2, 0.25) is 0 Å². The lowest BCUT2D eigenvalue weighted by Gasteiger charge is -2.34.